The number of nitrogens with zero attached hydrogens (tertiary/aromatic N) is 1. The van der Waals surface area contributed by atoms with Crippen molar-refractivity contribution in [1.82, 2.24) is 4.72 Å². The van der Waals surface area contributed by atoms with Crippen LogP contribution in [0.3, 0.4) is 0 Å². The topological polar surface area (TPSA) is 70.0 Å². The lowest BCUT2D eigenvalue weighted by atomic mass is 10.1. The van der Waals surface area contributed by atoms with Crippen LogP contribution in [0.2, 0.25) is 0 Å². The molecule has 0 bridgehead atoms. The average molecular weight is 306 g/mol. The van der Waals surface area contributed by atoms with Crippen LogP contribution in [0.15, 0.2) is 46.7 Å². The first-order chi connectivity index (χ1) is 9.51. The third-order valence-corrected chi connectivity index (χ3v) is 5.77. The molecule has 4 nitrogen and oxygen atoms in total. The van der Waals surface area contributed by atoms with Crippen molar-refractivity contribution in [2.75, 3.05) is 0 Å². The molecule has 1 atom stereocenters. The highest BCUT2D eigenvalue weighted by Gasteiger charge is 2.19. The number of nitriles is 1. The Hall–Kier alpha value is -1.68. The van der Waals surface area contributed by atoms with E-state index in [0.29, 0.717) is 11.3 Å². The predicted octanol–water partition coefficient (Wildman–Crippen LogP) is 2.53. The number of rotatable bonds is 5. The zero-order valence-corrected chi connectivity index (χ0v) is 12.5. The molecule has 104 valence electrons. The van der Waals surface area contributed by atoms with Crippen LogP contribution >= 0.6 is 11.3 Å². The van der Waals surface area contributed by atoms with Crippen molar-refractivity contribution < 1.29 is 8.42 Å². The van der Waals surface area contributed by atoms with Crippen molar-refractivity contribution in [2.24, 2.45) is 0 Å². The van der Waals surface area contributed by atoms with E-state index in [1.54, 1.807) is 0 Å². The predicted molar refractivity (Wildman–Crippen MR) is 79.0 cm³/mol. The molecule has 1 heterocycles. The van der Waals surface area contributed by atoms with E-state index in [9.17, 15) is 8.42 Å². The van der Waals surface area contributed by atoms with E-state index < -0.39 is 10.0 Å². The summed E-state index contributed by atoms with van der Waals surface area (Å²) in [5.41, 5.74) is 1.08. The van der Waals surface area contributed by atoms with Crippen LogP contribution < -0.4 is 4.72 Å². The van der Waals surface area contributed by atoms with E-state index in [2.05, 4.69) is 4.72 Å². The van der Waals surface area contributed by atoms with Crippen molar-refractivity contribution in [1.29, 1.82) is 5.26 Å². The standard InChI is InChI=1S/C14H14N2O2S2/c1-11(9-12-5-3-2-4-6-12)16-20(17,18)14-8-7-13(10-15)19-14/h2-8,11,16H,9H2,1H3. The van der Waals surface area contributed by atoms with Gasteiger partial charge in [0.2, 0.25) is 10.0 Å². The van der Waals surface area contributed by atoms with Gasteiger partial charge in [0.25, 0.3) is 0 Å². The highest BCUT2D eigenvalue weighted by atomic mass is 32.2. The minimum Gasteiger partial charge on any atom is -0.207 e. The molecule has 1 unspecified atom stereocenters. The van der Waals surface area contributed by atoms with E-state index in [0.717, 1.165) is 16.9 Å². The van der Waals surface area contributed by atoms with Gasteiger partial charge in [-0.2, -0.15) is 5.26 Å². The Kier molecular flexibility index (Phi) is 4.55. The van der Waals surface area contributed by atoms with E-state index in [1.807, 2.05) is 43.3 Å². The van der Waals surface area contributed by atoms with Crippen molar-refractivity contribution >= 4 is 21.4 Å². The highest BCUT2D eigenvalue weighted by molar-refractivity contribution is 7.91. The van der Waals surface area contributed by atoms with Crippen LogP contribution in [0.4, 0.5) is 0 Å². The van der Waals surface area contributed by atoms with Crippen LogP contribution in [0.1, 0.15) is 17.4 Å². The molecule has 0 saturated heterocycles. The largest absolute Gasteiger partial charge is 0.250 e. The van der Waals surface area contributed by atoms with Crippen molar-refractivity contribution in [3.05, 3.63) is 52.9 Å². The van der Waals surface area contributed by atoms with E-state index >= 15 is 0 Å². The first kappa shape index (κ1) is 14.7. The molecular formula is C14H14N2O2S2. The lowest BCUT2D eigenvalue weighted by molar-refractivity contribution is 0.562. The summed E-state index contributed by atoms with van der Waals surface area (Å²) in [6, 6.07) is 14.4. The Morgan fingerprint density at radius 2 is 1.95 bits per heavy atom. The summed E-state index contributed by atoms with van der Waals surface area (Å²) in [5.74, 6) is 0. The maximum atomic E-state index is 12.2. The van der Waals surface area contributed by atoms with Crippen LogP contribution in [0, 0.1) is 11.3 Å². The summed E-state index contributed by atoms with van der Waals surface area (Å²) < 4.78 is 27.1. The van der Waals surface area contributed by atoms with Gasteiger partial charge in [0.1, 0.15) is 15.2 Å². The van der Waals surface area contributed by atoms with E-state index in [-0.39, 0.29) is 10.3 Å². The minimum absolute atomic E-state index is 0.175. The molecule has 1 aromatic heterocycles. The SMILES string of the molecule is CC(Cc1ccccc1)NS(=O)(=O)c1ccc(C#N)s1. The summed E-state index contributed by atoms with van der Waals surface area (Å²) in [6.07, 6.45) is 0.622. The molecule has 0 amide bonds. The van der Waals surface area contributed by atoms with Gasteiger partial charge in [-0.3, -0.25) is 0 Å². The third-order valence-electron chi connectivity index (χ3n) is 2.70. The molecule has 0 fully saturated rings. The number of sulfonamides is 1. The van der Waals surface area contributed by atoms with Gasteiger partial charge in [-0.15, -0.1) is 11.3 Å². The number of nitrogens with one attached hydrogen (secondary N) is 1. The molecule has 0 aliphatic heterocycles. The van der Waals surface area contributed by atoms with Gasteiger partial charge in [0, 0.05) is 6.04 Å². The van der Waals surface area contributed by atoms with Crippen LogP contribution in [0.5, 0.6) is 0 Å². The van der Waals surface area contributed by atoms with Crippen LogP contribution in [0.25, 0.3) is 0 Å². The lowest BCUT2D eigenvalue weighted by Crippen LogP contribution is -2.33. The Labute approximate surface area is 122 Å². The van der Waals surface area contributed by atoms with Gasteiger partial charge < -0.3 is 0 Å². The molecule has 2 rings (SSSR count). The zero-order chi connectivity index (χ0) is 14.6. The monoisotopic (exact) mass is 306 g/mol. The van der Waals surface area contributed by atoms with E-state index in [1.165, 1.54) is 12.1 Å². The first-order valence-corrected chi connectivity index (χ1v) is 8.37. The fraction of sp³-hybridized carbons (Fsp3) is 0.214. The summed E-state index contributed by atoms with van der Waals surface area (Å²) in [6.45, 7) is 1.82. The van der Waals surface area contributed by atoms with Crippen LogP contribution in [-0.2, 0) is 16.4 Å². The van der Waals surface area contributed by atoms with Crippen molar-refractivity contribution in [2.45, 2.75) is 23.6 Å². The van der Waals surface area contributed by atoms with E-state index in [4.69, 9.17) is 5.26 Å². The first-order valence-electron chi connectivity index (χ1n) is 6.07. The fourth-order valence-corrected chi connectivity index (χ4v) is 4.22. The molecule has 2 aromatic rings. The fourth-order valence-electron chi connectivity index (χ4n) is 1.86. The number of hydrogen-bond acceptors (Lipinski definition) is 4. The number of hydrogen-bond donors (Lipinski definition) is 1. The third kappa shape index (κ3) is 3.67. The maximum absolute atomic E-state index is 12.2. The molecule has 0 radical (unpaired) electrons. The molecule has 0 aliphatic rings. The van der Waals surface area contributed by atoms with Gasteiger partial charge in [-0.1, -0.05) is 30.3 Å². The molecule has 0 spiro atoms. The summed E-state index contributed by atoms with van der Waals surface area (Å²) in [4.78, 5) is 0.390. The minimum atomic E-state index is -3.55. The zero-order valence-electron chi connectivity index (χ0n) is 10.9. The molecule has 1 N–H and O–H groups in total. The second-order valence-electron chi connectivity index (χ2n) is 4.44. The van der Waals surface area contributed by atoms with Gasteiger partial charge >= 0.3 is 0 Å². The second-order valence-corrected chi connectivity index (χ2v) is 7.47. The van der Waals surface area contributed by atoms with Gasteiger partial charge in [-0.05, 0) is 31.0 Å². The Bertz CT molecular complexity index is 715. The maximum Gasteiger partial charge on any atom is 0.250 e. The molecule has 0 aliphatic carbocycles. The number of thiophene rings is 1. The average Bonchev–Trinajstić information content (AvgIpc) is 2.88. The van der Waals surface area contributed by atoms with Gasteiger partial charge in [-0.25, -0.2) is 13.1 Å². The molecule has 20 heavy (non-hydrogen) atoms. The second kappa shape index (κ2) is 6.18. The van der Waals surface area contributed by atoms with Crippen LogP contribution in [-0.4, -0.2) is 14.5 Å². The number of benzene rings is 1. The molecule has 0 saturated carbocycles. The summed E-state index contributed by atoms with van der Waals surface area (Å²) in [5, 5.41) is 8.74. The van der Waals surface area contributed by atoms with Crippen molar-refractivity contribution in [3.8, 4) is 6.07 Å². The molecular weight excluding hydrogens is 292 g/mol. The highest BCUT2D eigenvalue weighted by Crippen LogP contribution is 2.21. The summed E-state index contributed by atoms with van der Waals surface area (Å²) in [7, 11) is -3.55. The molecule has 6 heteroatoms. The summed E-state index contributed by atoms with van der Waals surface area (Å²) >= 11 is 0.977. The van der Waals surface area contributed by atoms with Gasteiger partial charge in [0.05, 0.1) is 0 Å². The quantitative estimate of drug-likeness (QED) is 0.923. The smallest absolute Gasteiger partial charge is 0.207 e. The Balaban J connectivity index is 2.06. The Morgan fingerprint density at radius 3 is 2.55 bits per heavy atom. The lowest BCUT2D eigenvalue weighted by Gasteiger charge is -2.13. The Morgan fingerprint density at radius 1 is 1.25 bits per heavy atom. The normalized spacial score (nSPS) is 12.8. The molecule has 1 aromatic carbocycles. The van der Waals surface area contributed by atoms with Crippen molar-refractivity contribution in [3.63, 3.8) is 0 Å². The van der Waals surface area contributed by atoms with Gasteiger partial charge in [0.15, 0.2) is 0 Å².